The van der Waals surface area contributed by atoms with Crippen molar-refractivity contribution in [2.45, 2.75) is 200 Å². The van der Waals surface area contributed by atoms with Crippen LogP contribution in [0.2, 0.25) is 0 Å². The summed E-state index contributed by atoms with van der Waals surface area (Å²) in [5.41, 5.74) is 2.29. The number of fused-ring (bicyclic) bond motifs is 2. The molecule has 0 spiro atoms. The molecule has 5 heterocycles. The van der Waals surface area contributed by atoms with Gasteiger partial charge < -0.3 is 88.8 Å². The van der Waals surface area contributed by atoms with Crippen molar-refractivity contribution in [1.82, 2.24) is 20.6 Å². The van der Waals surface area contributed by atoms with Gasteiger partial charge in [0.25, 0.3) is 17.4 Å². The maximum absolute atomic E-state index is 13.7. The predicted octanol–water partition coefficient (Wildman–Crippen LogP) is 8.63. The van der Waals surface area contributed by atoms with Crippen molar-refractivity contribution in [3.05, 3.63) is 59.9 Å². The quantitative estimate of drug-likeness (QED) is 0.00984. The van der Waals surface area contributed by atoms with Gasteiger partial charge in [-0.25, -0.2) is 19.2 Å². The minimum atomic E-state index is -1.61. The molecule has 5 fully saturated rings. The first kappa shape index (κ1) is 94.0. The van der Waals surface area contributed by atoms with Gasteiger partial charge in [-0.1, -0.05) is 52.7 Å². The summed E-state index contributed by atoms with van der Waals surface area (Å²) in [5, 5.41) is 47.8. The van der Waals surface area contributed by atoms with Crippen molar-refractivity contribution in [3.63, 3.8) is 0 Å². The van der Waals surface area contributed by atoms with E-state index in [1.807, 2.05) is 58.0 Å². The zero-order valence-electron chi connectivity index (χ0n) is 64.6. The first-order valence-electron chi connectivity index (χ1n) is 37.2. The number of ketones is 7. The number of aliphatic hydroxyl groups excluding tert-OH is 2. The number of hydrogen-bond donors (Lipinski definition) is 9. The average molecular weight is 1570 g/mol. The number of esters is 1. The Morgan fingerprint density at radius 3 is 1.22 bits per heavy atom. The third kappa shape index (κ3) is 30.4. The number of aromatic nitrogens is 2. The molecule has 31 nitrogen and oxygen atoms in total. The van der Waals surface area contributed by atoms with Crippen molar-refractivity contribution in [2.75, 3.05) is 79.6 Å². The summed E-state index contributed by atoms with van der Waals surface area (Å²) in [5.74, 6) is -12.1. The summed E-state index contributed by atoms with van der Waals surface area (Å²) in [6.07, 6.45) is 9.62. The lowest BCUT2D eigenvalue weighted by Gasteiger charge is -2.31. The van der Waals surface area contributed by atoms with Gasteiger partial charge >= 0.3 is 23.9 Å². The van der Waals surface area contributed by atoms with Gasteiger partial charge in [-0.15, -0.1) is 11.6 Å². The van der Waals surface area contributed by atoms with Crippen molar-refractivity contribution in [2.24, 2.45) is 35.5 Å². The molecule has 2 amide bonds. The molecule has 2 aromatic carbocycles. The third-order valence-corrected chi connectivity index (χ3v) is 18.9. The van der Waals surface area contributed by atoms with Crippen LogP contribution in [0.3, 0.4) is 0 Å². The summed E-state index contributed by atoms with van der Waals surface area (Å²) in [4.78, 5) is 163. The number of ether oxygens (including phenoxy) is 9. The van der Waals surface area contributed by atoms with Gasteiger partial charge in [-0.2, -0.15) is 0 Å². The molecular formula is C78H111ClN4O27. The standard InChI is InChI=1S/C33H44N2O9.C27H35ClN2O5.2C6H10O4.C3H4O3.C3H8O2/c1-20(2)15-22(17-28(37)26-18-23-24(34-26)10-7-12-30(23)41-4)31(39)35-25(16-21-9-5-6-11-27(21)36)29(38)19-42-32(40)33(3)43-13-8-14-44-33;1-16(2)11-18(13-24(32)22-14-19-20(29-22)8-6-10-26(19)35-3)27(34)30-21(25(33)15-28)12-17-7-4-5-9-23(17)31;2*1-6(5(7)8)9-3-2-4-10-6;1-2(4)3(5)6;4-2-1-3-5/h7,10,12,18,20-22,25,34H,5-6,8-9,11,13-17,19H2,1-4H3,(H,35,39);6,8,10,14,16-18,21,29H,4-5,7,9,11-13,15H2,1-3H3,(H,30,34);2*2-4H2,1H3,(H,7,8);1H3,(H,5,6);4-5H,1-3H2/t21-,22+,25-;17-,18+,21-;;;;/m00..../s1. The zero-order valence-corrected chi connectivity index (χ0v) is 65.4. The van der Waals surface area contributed by atoms with E-state index in [0.717, 1.165) is 73.7 Å². The molecular weight excluding hydrogens is 1460 g/mol. The summed E-state index contributed by atoms with van der Waals surface area (Å²) in [6.45, 7) is 15.2. The third-order valence-electron chi connectivity index (χ3n) is 18.6. The van der Waals surface area contributed by atoms with Gasteiger partial charge in [0.1, 0.15) is 23.1 Å². The zero-order chi connectivity index (χ0) is 81.9. The van der Waals surface area contributed by atoms with Crippen molar-refractivity contribution in [1.29, 1.82) is 0 Å². The molecule has 110 heavy (non-hydrogen) atoms. The van der Waals surface area contributed by atoms with Crippen LogP contribution in [-0.2, 0) is 85.9 Å². The average Bonchev–Trinajstić information content (AvgIpc) is 1.66. The second kappa shape index (κ2) is 47.1. The predicted molar refractivity (Wildman–Crippen MR) is 399 cm³/mol. The van der Waals surface area contributed by atoms with Crippen molar-refractivity contribution in [3.8, 4) is 11.5 Å². The van der Waals surface area contributed by atoms with Gasteiger partial charge in [0.05, 0.1) is 83.2 Å². The molecule has 0 unspecified atom stereocenters. The minimum Gasteiger partial charge on any atom is -0.496 e. The molecule has 5 aliphatic rings. The number of carboxylic acids is 3. The molecule has 2 aromatic heterocycles. The first-order valence-corrected chi connectivity index (χ1v) is 37.7. The lowest BCUT2D eigenvalue weighted by molar-refractivity contribution is -0.260. The Morgan fingerprint density at radius 2 is 0.918 bits per heavy atom. The highest BCUT2D eigenvalue weighted by Gasteiger charge is 2.42. The van der Waals surface area contributed by atoms with E-state index in [9.17, 15) is 62.3 Å². The number of carboxylic acid groups (broad SMARTS) is 3. The number of rotatable bonds is 31. The van der Waals surface area contributed by atoms with Crippen LogP contribution in [0.15, 0.2) is 48.5 Å². The number of amides is 2. The van der Waals surface area contributed by atoms with Gasteiger partial charge in [-0.3, -0.25) is 43.2 Å². The number of nitrogens with one attached hydrogen (secondary N) is 4. The van der Waals surface area contributed by atoms with Crippen LogP contribution in [0, 0.1) is 35.5 Å². The largest absolute Gasteiger partial charge is 0.496 e. The van der Waals surface area contributed by atoms with Crippen LogP contribution in [0.1, 0.15) is 192 Å². The van der Waals surface area contributed by atoms with E-state index in [0.29, 0.717) is 107 Å². The number of alkyl halides is 1. The molecule has 3 aliphatic heterocycles. The molecule has 3 saturated heterocycles. The lowest BCUT2D eigenvalue weighted by atomic mass is 9.82. The number of Topliss-reactive ketones (excluding diaryl/α,β-unsaturated/α-hetero) is 7. The molecule has 4 aromatic rings. The first-order chi connectivity index (χ1) is 52.1. The summed E-state index contributed by atoms with van der Waals surface area (Å²) in [7, 11) is 3.13. The number of aromatic amines is 2. The monoisotopic (exact) mass is 1570 g/mol. The van der Waals surface area contributed by atoms with Gasteiger partial charge in [0, 0.05) is 112 Å². The van der Waals surface area contributed by atoms with E-state index in [4.69, 9.17) is 79.8 Å². The van der Waals surface area contributed by atoms with Gasteiger partial charge in [0.2, 0.25) is 17.6 Å². The number of aliphatic hydroxyl groups is 2. The maximum atomic E-state index is 13.7. The summed E-state index contributed by atoms with van der Waals surface area (Å²) in [6, 6.07) is 12.6. The van der Waals surface area contributed by atoms with Gasteiger partial charge in [-0.05, 0) is 125 Å². The van der Waals surface area contributed by atoms with E-state index in [2.05, 4.69) is 20.6 Å². The van der Waals surface area contributed by atoms with Crippen molar-refractivity contribution >= 4 is 110 Å². The number of methoxy groups -OCH3 is 2. The second-order valence-electron chi connectivity index (χ2n) is 28.4. The van der Waals surface area contributed by atoms with E-state index >= 15 is 0 Å². The maximum Gasteiger partial charge on any atom is 0.371 e. The van der Waals surface area contributed by atoms with E-state index in [1.165, 1.54) is 20.8 Å². The number of hydrogen-bond acceptors (Lipinski definition) is 24. The molecule has 9 rings (SSSR count). The highest BCUT2D eigenvalue weighted by atomic mass is 35.5. The SMILES string of the molecule is CC(=O)C(=O)O.CC1(C(=O)O)OCCCO1.CC1(C(=O)O)OCCCO1.COc1cccc2[nH]c(C(=O)C[C@@H](CC(C)C)C(=O)N[C@@H](C[C@@H]3CCCCC3=O)C(=O)CCl)cc12.COc1cccc2[nH]c(C(=O)C[C@@H](CC(C)C)C(=O)N[C@@H](C[C@@H]3CCCCC3=O)C(=O)COC(=O)C3(C)OCCCO3)cc12.OCCCO. The van der Waals surface area contributed by atoms with Crippen LogP contribution in [0.4, 0.5) is 0 Å². The van der Waals surface area contributed by atoms with Crippen LogP contribution in [0.25, 0.3) is 21.8 Å². The van der Waals surface area contributed by atoms with E-state index < -0.39 is 89.2 Å². The Labute approximate surface area is 644 Å². The number of carbonyl (C=O) groups is 13. The topological polar surface area (TPSA) is 462 Å². The normalized spacial score (nSPS) is 18.8. The molecule has 2 aliphatic carbocycles. The van der Waals surface area contributed by atoms with E-state index in [1.54, 1.807) is 32.4 Å². The van der Waals surface area contributed by atoms with E-state index in [-0.39, 0.29) is 103 Å². The number of H-pyrrole nitrogens is 2. The molecule has 32 heteroatoms. The molecule has 2 saturated carbocycles. The Bertz CT molecular complexity index is 3670. The highest BCUT2D eigenvalue weighted by molar-refractivity contribution is 6.31. The molecule has 0 bridgehead atoms. The Morgan fingerprint density at radius 1 is 0.555 bits per heavy atom. The molecule has 9 N–H and O–H groups in total. The Hall–Kier alpha value is -8.40. The summed E-state index contributed by atoms with van der Waals surface area (Å²) < 4.78 is 46.5. The number of aliphatic carboxylic acids is 3. The smallest absolute Gasteiger partial charge is 0.371 e. The molecule has 0 radical (unpaired) electrons. The van der Waals surface area contributed by atoms with Crippen LogP contribution in [-0.4, -0.2) is 221 Å². The lowest BCUT2D eigenvalue weighted by Crippen LogP contribution is -2.49. The number of carbonyl (C=O) groups excluding carboxylic acids is 10. The summed E-state index contributed by atoms with van der Waals surface area (Å²) >= 11 is 5.82. The van der Waals surface area contributed by atoms with Crippen molar-refractivity contribution < 1.29 is 130 Å². The van der Waals surface area contributed by atoms with Gasteiger partial charge in [0.15, 0.2) is 29.7 Å². The fourth-order valence-electron chi connectivity index (χ4n) is 12.4. The number of halogens is 1. The van der Waals surface area contributed by atoms with Crippen LogP contribution < -0.4 is 20.1 Å². The fourth-order valence-corrected chi connectivity index (χ4v) is 12.6. The highest BCUT2D eigenvalue weighted by Crippen LogP contribution is 2.32. The molecule has 612 valence electrons. The molecule has 6 atom stereocenters. The van der Waals surface area contributed by atoms with Crippen LogP contribution in [0.5, 0.6) is 11.5 Å². The minimum absolute atomic E-state index is 0.00327. The number of benzene rings is 2. The Kier molecular flexibility index (Phi) is 40.2. The second-order valence-corrected chi connectivity index (χ2v) is 28.7. The fraction of sp³-hybridized carbons (Fsp3) is 0.628. The van der Waals surface area contributed by atoms with Crippen LogP contribution >= 0.6 is 11.6 Å². The Balaban J connectivity index is 0.000000337.